The molecule has 0 aromatic rings. The number of amides is 1. The quantitative estimate of drug-likeness (QED) is 0.788. The molecule has 120 valence electrons. The molecule has 1 heterocycles. The molecule has 2 aliphatic carbocycles. The summed E-state index contributed by atoms with van der Waals surface area (Å²) >= 11 is 0. The molecule has 0 spiro atoms. The van der Waals surface area contributed by atoms with E-state index in [0.29, 0.717) is 36.5 Å². The number of hydrogen-bond donors (Lipinski definition) is 1. The van der Waals surface area contributed by atoms with E-state index in [4.69, 9.17) is 5.26 Å². The topological polar surface area (TPSA) is 52.9 Å². The summed E-state index contributed by atoms with van der Waals surface area (Å²) in [7, 11) is 0. The van der Waals surface area contributed by atoms with Gasteiger partial charge in [-0.25, -0.2) is 0 Å². The highest BCUT2D eigenvalue weighted by Crippen LogP contribution is 2.59. The van der Waals surface area contributed by atoms with Crippen LogP contribution in [0.1, 0.15) is 58.3 Å². The van der Waals surface area contributed by atoms with Crippen molar-refractivity contribution in [1.29, 1.82) is 5.26 Å². The zero-order chi connectivity index (χ0) is 15.7. The summed E-state index contributed by atoms with van der Waals surface area (Å²) in [6.07, 6.45) is 8.18. The lowest BCUT2D eigenvalue weighted by Gasteiger charge is -2.55. The molecule has 1 amide bonds. The third-order valence-electron chi connectivity index (χ3n) is 6.95. The van der Waals surface area contributed by atoms with Gasteiger partial charge in [0.25, 0.3) is 0 Å². The van der Waals surface area contributed by atoms with Crippen LogP contribution >= 0.6 is 0 Å². The summed E-state index contributed by atoms with van der Waals surface area (Å²) in [6.45, 7) is 7.59. The van der Waals surface area contributed by atoms with Crippen molar-refractivity contribution in [3.05, 3.63) is 12.2 Å². The Morgan fingerprint density at radius 1 is 1.41 bits per heavy atom. The molecule has 1 saturated heterocycles. The molecule has 1 aliphatic heterocycles. The maximum absolute atomic E-state index is 11.9. The summed E-state index contributed by atoms with van der Waals surface area (Å²) in [5, 5.41) is 12.0. The van der Waals surface area contributed by atoms with Crippen molar-refractivity contribution in [3.8, 4) is 6.07 Å². The zero-order valence-corrected chi connectivity index (χ0v) is 13.7. The van der Waals surface area contributed by atoms with Crippen LogP contribution in [0.25, 0.3) is 0 Å². The second-order valence-electron chi connectivity index (χ2n) is 7.85. The molecule has 3 rings (SSSR count). The van der Waals surface area contributed by atoms with Crippen molar-refractivity contribution in [2.45, 2.75) is 58.3 Å². The number of nitrogens with one attached hydrogen (secondary N) is 1. The van der Waals surface area contributed by atoms with Crippen molar-refractivity contribution in [3.63, 3.8) is 0 Å². The highest BCUT2D eigenvalue weighted by Gasteiger charge is 2.52. The minimum absolute atomic E-state index is 0.244. The Balaban J connectivity index is 1.85. The fraction of sp³-hybridized carbons (Fsp3) is 0.789. The Morgan fingerprint density at radius 3 is 3.00 bits per heavy atom. The van der Waals surface area contributed by atoms with Crippen LogP contribution in [0, 0.1) is 40.4 Å². The molecule has 3 aliphatic rings. The molecule has 0 aromatic carbocycles. The summed E-state index contributed by atoms with van der Waals surface area (Å²) < 4.78 is 0. The average molecular weight is 300 g/mol. The lowest BCUT2D eigenvalue weighted by molar-refractivity contribution is -0.123. The predicted molar refractivity (Wildman–Crippen MR) is 86.8 cm³/mol. The molecule has 2 saturated carbocycles. The van der Waals surface area contributed by atoms with Gasteiger partial charge in [0.2, 0.25) is 5.91 Å². The van der Waals surface area contributed by atoms with Gasteiger partial charge in [0.05, 0.1) is 6.07 Å². The third kappa shape index (κ3) is 2.57. The summed E-state index contributed by atoms with van der Waals surface area (Å²) in [4.78, 5) is 11.9. The molecule has 3 fully saturated rings. The molecule has 5 atom stereocenters. The van der Waals surface area contributed by atoms with E-state index in [1.807, 2.05) is 0 Å². The minimum atomic E-state index is 0.244. The first-order valence-electron chi connectivity index (χ1n) is 8.87. The lowest BCUT2D eigenvalue weighted by Crippen LogP contribution is -2.48. The SMILES string of the molecule is C=C1CC[C@H]2[C@@H](CC[C@H]3CC(=O)NCC[C@@]32C)[C@@H]1CCC#N. The number of carbonyl (C=O) groups is 1. The van der Waals surface area contributed by atoms with Crippen LogP contribution in [-0.2, 0) is 4.79 Å². The Hall–Kier alpha value is -1.30. The fourth-order valence-corrected chi connectivity index (χ4v) is 5.70. The first-order valence-corrected chi connectivity index (χ1v) is 8.87. The van der Waals surface area contributed by atoms with E-state index in [1.54, 1.807) is 0 Å². The Kier molecular flexibility index (Phi) is 4.30. The monoisotopic (exact) mass is 300 g/mol. The van der Waals surface area contributed by atoms with Crippen molar-refractivity contribution >= 4 is 5.91 Å². The van der Waals surface area contributed by atoms with E-state index in [2.05, 4.69) is 24.9 Å². The summed E-state index contributed by atoms with van der Waals surface area (Å²) in [5.41, 5.74) is 1.66. The molecule has 0 radical (unpaired) electrons. The van der Waals surface area contributed by atoms with Crippen molar-refractivity contribution in [2.24, 2.45) is 29.1 Å². The number of nitrogens with zero attached hydrogens (tertiary/aromatic N) is 1. The molecule has 0 unspecified atom stereocenters. The Labute approximate surface area is 134 Å². The molecule has 0 aromatic heterocycles. The Morgan fingerprint density at radius 2 is 2.23 bits per heavy atom. The van der Waals surface area contributed by atoms with E-state index >= 15 is 0 Å². The van der Waals surface area contributed by atoms with Crippen molar-refractivity contribution in [2.75, 3.05) is 6.54 Å². The van der Waals surface area contributed by atoms with Gasteiger partial charge in [-0.1, -0.05) is 19.1 Å². The number of allylic oxidation sites excluding steroid dienone is 1. The van der Waals surface area contributed by atoms with Gasteiger partial charge in [-0.2, -0.15) is 5.26 Å². The molecular weight excluding hydrogens is 272 g/mol. The van der Waals surface area contributed by atoms with Crippen LogP contribution in [0.4, 0.5) is 0 Å². The zero-order valence-electron chi connectivity index (χ0n) is 13.7. The first-order chi connectivity index (χ1) is 10.6. The van der Waals surface area contributed by atoms with Gasteiger partial charge in [-0.3, -0.25) is 4.79 Å². The number of hydrogen-bond acceptors (Lipinski definition) is 2. The minimum Gasteiger partial charge on any atom is -0.356 e. The van der Waals surface area contributed by atoms with Crippen molar-refractivity contribution in [1.82, 2.24) is 5.32 Å². The second-order valence-corrected chi connectivity index (χ2v) is 7.85. The smallest absolute Gasteiger partial charge is 0.220 e. The van der Waals surface area contributed by atoms with Gasteiger partial charge in [0, 0.05) is 19.4 Å². The highest BCUT2D eigenvalue weighted by molar-refractivity contribution is 5.76. The van der Waals surface area contributed by atoms with Gasteiger partial charge < -0.3 is 5.32 Å². The van der Waals surface area contributed by atoms with E-state index in [0.717, 1.165) is 25.8 Å². The molecule has 1 N–H and O–H groups in total. The first kappa shape index (κ1) is 15.6. The van der Waals surface area contributed by atoms with Gasteiger partial charge in [0.1, 0.15) is 0 Å². The summed E-state index contributed by atoms with van der Waals surface area (Å²) in [5.74, 6) is 2.70. The summed E-state index contributed by atoms with van der Waals surface area (Å²) in [6, 6.07) is 2.32. The van der Waals surface area contributed by atoms with Gasteiger partial charge in [0.15, 0.2) is 0 Å². The third-order valence-corrected chi connectivity index (χ3v) is 6.95. The Bertz CT molecular complexity index is 506. The van der Waals surface area contributed by atoms with Crippen LogP contribution in [-0.4, -0.2) is 12.5 Å². The number of rotatable bonds is 2. The van der Waals surface area contributed by atoms with Gasteiger partial charge in [-0.05, 0) is 67.6 Å². The fourth-order valence-electron chi connectivity index (χ4n) is 5.70. The largest absolute Gasteiger partial charge is 0.356 e. The molecule has 22 heavy (non-hydrogen) atoms. The van der Waals surface area contributed by atoms with Crippen LogP contribution < -0.4 is 5.32 Å². The van der Waals surface area contributed by atoms with Gasteiger partial charge >= 0.3 is 0 Å². The molecule has 0 bridgehead atoms. The molecule has 3 heteroatoms. The van der Waals surface area contributed by atoms with E-state index < -0.39 is 0 Å². The normalized spacial score (nSPS) is 41.6. The predicted octanol–water partition coefficient (Wildman–Crippen LogP) is 3.82. The van der Waals surface area contributed by atoms with Crippen LogP contribution in [0.3, 0.4) is 0 Å². The second kappa shape index (κ2) is 6.07. The van der Waals surface area contributed by atoms with Crippen LogP contribution in [0.2, 0.25) is 0 Å². The molecular formula is C19H28N2O. The van der Waals surface area contributed by atoms with Crippen LogP contribution in [0.15, 0.2) is 12.2 Å². The standard InChI is InChI=1S/C19H28N2O/c1-13-5-8-17-16(15(13)4-3-10-20)7-6-14-12-18(22)21-11-9-19(14,17)2/h14-17H,1,3-9,11-12H2,2H3,(H,21,22)/t14-,15+,16-,17-,19-/m0/s1. The number of nitriles is 1. The number of fused-ring (bicyclic) bond motifs is 3. The molecule has 3 nitrogen and oxygen atoms in total. The maximum atomic E-state index is 11.9. The average Bonchev–Trinajstić information content (AvgIpc) is 2.64. The lowest BCUT2D eigenvalue weighted by atomic mass is 9.49. The highest BCUT2D eigenvalue weighted by atomic mass is 16.1. The maximum Gasteiger partial charge on any atom is 0.220 e. The van der Waals surface area contributed by atoms with Crippen LogP contribution in [0.5, 0.6) is 0 Å². The number of carbonyl (C=O) groups excluding carboxylic acids is 1. The van der Waals surface area contributed by atoms with Crippen molar-refractivity contribution < 1.29 is 4.79 Å². The van der Waals surface area contributed by atoms with E-state index in [-0.39, 0.29) is 11.3 Å². The van der Waals surface area contributed by atoms with E-state index in [1.165, 1.54) is 24.8 Å². The van der Waals surface area contributed by atoms with Gasteiger partial charge in [-0.15, -0.1) is 0 Å². The van der Waals surface area contributed by atoms with E-state index in [9.17, 15) is 4.79 Å².